The van der Waals surface area contributed by atoms with Crippen molar-refractivity contribution < 1.29 is 14.4 Å². The molecule has 0 aliphatic carbocycles. The van der Waals surface area contributed by atoms with Gasteiger partial charge in [0.05, 0.1) is 16.3 Å². The SMILES string of the molecule is NC(N)=NCCC[C@H](NC(=O)[C@@H]1CCCN1C(=O)C(N)(c1ccccc1)c1ccccc1)C(=O)c1nc2ccccc2s1. The van der Waals surface area contributed by atoms with Crippen LogP contribution in [0.3, 0.4) is 0 Å². The van der Waals surface area contributed by atoms with E-state index in [-0.39, 0.29) is 17.6 Å². The third-order valence-corrected chi connectivity index (χ3v) is 8.75. The zero-order valence-corrected chi connectivity index (χ0v) is 24.5. The van der Waals surface area contributed by atoms with E-state index in [1.807, 2.05) is 84.9 Å². The standard InChI is InChI=1S/C32H35N7O3S/c33-31(34)36-19-9-16-24(27(40)29-38-23-15-7-8-18-26(23)43-29)37-28(41)25-17-10-20-39(25)30(42)32(35,21-11-3-1-4-12-21)22-13-5-2-6-14-22/h1-8,11-15,18,24-25H,9-10,16-17,19-20,35H2,(H,37,41)(H4,33,34,36)/t24-,25-/m0/s1. The van der Waals surface area contributed by atoms with Crippen LogP contribution in [0.4, 0.5) is 0 Å². The highest BCUT2D eigenvalue weighted by Gasteiger charge is 2.46. The van der Waals surface area contributed by atoms with Crippen LogP contribution in [-0.2, 0) is 15.1 Å². The van der Waals surface area contributed by atoms with Crippen molar-refractivity contribution in [2.45, 2.75) is 43.3 Å². The van der Waals surface area contributed by atoms with Gasteiger partial charge in [0.1, 0.15) is 11.6 Å². The van der Waals surface area contributed by atoms with Crippen LogP contribution in [0, 0.1) is 0 Å². The maximum Gasteiger partial charge on any atom is 0.252 e. The monoisotopic (exact) mass is 597 g/mol. The van der Waals surface area contributed by atoms with Gasteiger partial charge in [0, 0.05) is 13.1 Å². The number of Topliss-reactive ketones (excluding diaryl/α,β-unsaturated/α-hetero) is 1. The number of nitrogens with two attached hydrogens (primary N) is 3. The zero-order chi connectivity index (χ0) is 30.4. The third kappa shape index (κ3) is 6.42. The van der Waals surface area contributed by atoms with Gasteiger partial charge in [0.25, 0.3) is 5.91 Å². The molecule has 2 atom stereocenters. The molecule has 7 N–H and O–H groups in total. The number of rotatable bonds is 11. The Bertz CT molecular complexity index is 1550. The molecule has 0 unspecified atom stereocenters. The van der Waals surface area contributed by atoms with E-state index in [9.17, 15) is 14.4 Å². The zero-order valence-electron chi connectivity index (χ0n) is 23.7. The lowest BCUT2D eigenvalue weighted by Crippen LogP contribution is -2.58. The van der Waals surface area contributed by atoms with Gasteiger partial charge in [-0.3, -0.25) is 19.4 Å². The fourth-order valence-corrected chi connectivity index (χ4v) is 6.45. The number of guanidine groups is 1. The molecule has 43 heavy (non-hydrogen) atoms. The van der Waals surface area contributed by atoms with Crippen molar-refractivity contribution in [3.63, 3.8) is 0 Å². The van der Waals surface area contributed by atoms with Crippen LogP contribution in [0.15, 0.2) is 89.9 Å². The Balaban J connectivity index is 1.40. The number of carbonyl (C=O) groups is 3. The average Bonchev–Trinajstić information content (AvgIpc) is 3.70. The highest BCUT2D eigenvalue weighted by atomic mass is 32.1. The van der Waals surface area contributed by atoms with Crippen molar-refractivity contribution in [1.29, 1.82) is 0 Å². The number of likely N-dealkylation sites (tertiary alicyclic amines) is 1. The summed E-state index contributed by atoms with van der Waals surface area (Å²) in [6, 6.07) is 24.2. The molecule has 5 rings (SSSR count). The molecule has 0 bridgehead atoms. The van der Waals surface area contributed by atoms with E-state index in [4.69, 9.17) is 17.2 Å². The molecule has 222 valence electrons. The first kappa shape index (κ1) is 29.9. The van der Waals surface area contributed by atoms with Crippen LogP contribution < -0.4 is 22.5 Å². The predicted molar refractivity (Wildman–Crippen MR) is 168 cm³/mol. The van der Waals surface area contributed by atoms with Gasteiger partial charge in [-0.1, -0.05) is 72.8 Å². The predicted octanol–water partition coefficient (Wildman–Crippen LogP) is 2.91. The normalized spacial score (nSPS) is 15.7. The molecule has 0 saturated carbocycles. The molecule has 4 aromatic rings. The molecule has 2 amide bonds. The van der Waals surface area contributed by atoms with Crippen LogP contribution >= 0.6 is 11.3 Å². The van der Waals surface area contributed by atoms with Gasteiger partial charge in [0.15, 0.2) is 11.0 Å². The van der Waals surface area contributed by atoms with Crippen molar-refractivity contribution >= 4 is 45.1 Å². The molecule has 0 spiro atoms. The van der Waals surface area contributed by atoms with Gasteiger partial charge in [-0.25, -0.2) is 4.98 Å². The summed E-state index contributed by atoms with van der Waals surface area (Å²) >= 11 is 1.28. The number of fused-ring (bicyclic) bond motifs is 1. The van der Waals surface area contributed by atoms with E-state index in [1.54, 1.807) is 4.90 Å². The maximum atomic E-state index is 14.3. The molecular weight excluding hydrogens is 562 g/mol. The van der Waals surface area contributed by atoms with Crippen molar-refractivity contribution in [3.8, 4) is 0 Å². The lowest BCUT2D eigenvalue weighted by Gasteiger charge is -2.36. The van der Waals surface area contributed by atoms with Gasteiger partial charge in [0.2, 0.25) is 11.7 Å². The Morgan fingerprint density at radius 3 is 2.23 bits per heavy atom. The number of thiazole rings is 1. The van der Waals surface area contributed by atoms with Crippen molar-refractivity contribution in [2.75, 3.05) is 13.1 Å². The first-order valence-corrected chi connectivity index (χ1v) is 15.1. The van der Waals surface area contributed by atoms with Gasteiger partial charge in [-0.15, -0.1) is 11.3 Å². The first-order chi connectivity index (χ1) is 20.8. The molecule has 11 heteroatoms. The largest absolute Gasteiger partial charge is 0.370 e. The van der Waals surface area contributed by atoms with Crippen molar-refractivity contribution in [1.82, 2.24) is 15.2 Å². The van der Waals surface area contributed by atoms with E-state index in [0.717, 1.165) is 10.2 Å². The third-order valence-electron chi connectivity index (χ3n) is 7.69. The molecular formula is C32H35N7O3S. The smallest absolute Gasteiger partial charge is 0.252 e. The fraction of sp³-hybridized carbons (Fsp3) is 0.281. The van der Waals surface area contributed by atoms with Crippen LogP contribution in [0.2, 0.25) is 0 Å². The number of carbonyl (C=O) groups excluding carboxylic acids is 3. The molecule has 2 heterocycles. The van der Waals surface area contributed by atoms with Crippen molar-refractivity contribution in [3.05, 3.63) is 101 Å². The highest BCUT2D eigenvalue weighted by molar-refractivity contribution is 7.20. The van der Waals surface area contributed by atoms with E-state index >= 15 is 0 Å². The summed E-state index contributed by atoms with van der Waals surface area (Å²) in [5.41, 5.74) is 18.4. The molecule has 1 saturated heterocycles. The molecule has 10 nitrogen and oxygen atoms in total. The Morgan fingerprint density at radius 2 is 1.60 bits per heavy atom. The molecule has 1 fully saturated rings. The number of aromatic nitrogens is 1. The van der Waals surface area contributed by atoms with Crippen molar-refractivity contribution in [2.24, 2.45) is 22.2 Å². The minimum atomic E-state index is -1.50. The van der Waals surface area contributed by atoms with Crippen LogP contribution in [0.25, 0.3) is 10.2 Å². The number of aliphatic imine (C=N–C) groups is 1. The van der Waals surface area contributed by atoms with Crippen LogP contribution in [0.1, 0.15) is 46.6 Å². The minimum absolute atomic E-state index is 0.0414. The van der Waals surface area contributed by atoms with Gasteiger partial charge in [-0.2, -0.15) is 0 Å². The second-order valence-electron chi connectivity index (χ2n) is 10.6. The van der Waals surface area contributed by atoms with Gasteiger partial charge >= 0.3 is 0 Å². The quantitative estimate of drug-likeness (QED) is 0.0891. The number of benzene rings is 3. The Hall–Kier alpha value is -4.61. The van der Waals surface area contributed by atoms with Gasteiger partial charge in [-0.05, 0) is 48.9 Å². The summed E-state index contributed by atoms with van der Waals surface area (Å²) < 4.78 is 0.880. The number of ketones is 1. The summed E-state index contributed by atoms with van der Waals surface area (Å²) in [6.45, 7) is 0.677. The molecule has 1 aliphatic rings. The molecule has 3 aromatic carbocycles. The number of amides is 2. The number of nitrogens with one attached hydrogen (secondary N) is 1. The maximum absolute atomic E-state index is 14.3. The average molecular weight is 598 g/mol. The topological polar surface area (TPSA) is 170 Å². The Labute approximate surface area is 254 Å². The molecule has 1 aliphatic heterocycles. The van der Waals surface area contributed by atoms with E-state index in [0.29, 0.717) is 54.9 Å². The minimum Gasteiger partial charge on any atom is -0.370 e. The molecule has 1 aromatic heterocycles. The van der Waals surface area contributed by atoms with E-state index in [2.05, 4.69) is 15.3 Å². The highest BCUT2D eigenvalue weighted by Crippen LogP contribution is 2.32. The summed E-state index contributed by atoms with van der Waals surface area (Å²) in [6.07, 6.45) is 1.84. The van der Waals surface area contributed by atoms with E-state index in [1.165, 1.54) is 11.3 Å². The Morgan fingerprint density at radius 1 is 0.977 bits per heavy atom. The van der Waals surface area contributed by atoms with Crippen LogP contribution in [0.5, 0.6) is 0 Å². The summed E-state index contributed by atoms with van der Waals surface area (Å²) in [5, 5.41) is 3.25. The summed E-state index contributed by atoms with van der Waals surface area (Å²) in [7, 11) is 0. The summed E-state index contributed by atoms with van der Waals surface area (Å²) in [5.74, 6) is -1.11. The number of para-hydroxylation sites is 1. The summed E-state index contributed by atoms with van der Waals surface area (Å²) in [4.78, 5) is 51.9. The van der Waals surface area contributed by atoms with Gasteiger partial charge < -0.3 is 27.4 Å². The Kier molecular flexibility index (Phi) is 9.13. The lowest BCUT2D eigenvalue weighted by molar-refractivity contribution is -0.142. The fourth-order valence-electron chi connectivity index (χ4n) is 5.49. The van der Waals surface area contributed by atoms with E-state index < -0.39 is 23.5 Å². The number of hydrogen-bond acceptors (Lipinski definition) is 7. The molecule has 0 radical (unpaired) electrons. The second-order valence-corrected chi connectivity index (χ2v) is 11.6. The van der Waals surface area contributed by atoms with Crippen LogP contribution in [-0.4, -0.2) is 58.6 Å². The second kappa shape index (κ2) is 13.1. The lowest BCUT2D eigenvalue weighted by atomic mass is 9.82. The number of nitrogens with zero attached hydrogens (tertiary/aromatic N) is 3. The number of hydrogen-bond donors (Lipinski definition) is 4. The first-order valence-electron chi connectivity index (χ1n) is 14.3.